The number of carbonyl (C=O) groups excluding carboxylic acids is 2. The van der Waals surface area contributed by atoms with Crippen LogP contribution >= 0.6 is 34.7 Å². The van der Waals surface area contributed by atoms with E-state index in [1.807, 2.05) is 50.2 Å². The summed E-state index contributed by atoms with van der Waals surface area (Å²) < 4.78 is 0.681. The third-order valence-electron chi connectivity index (χ3n) is 4.86. The van der Waals surface area contributed by atoms with Crippen LogP contribution in [0, 0.1) is 6.92 Å². The lowest BCUT2D eigenvalue weighted by Crippen LogP contribution is -2.40. The van der Waals surface area contributed by atoms with Gasteiger partial charge in [-0.05, 0) is 43.7 Å². The van der Waals surface area contributed by atoms with Crippen molar-refractivity contribution in [3.63, 3.8) is 0 Å². The molecule has 0 aliphatic carbocycles. The van der Waals surface area contributed by atoms with Gasteiger partial charge in [0.15, 0.2) is 4.34 Å². The van der Waals surface area contributed by atoms with Crippen molar-refractivity contribution < 1.29 is 9.59 Å². The molecule has 1 unspecified atom stereocenters. The quantitative estimate of drug-likeness (QED) is 0.501. The number of benzene rings is 2. The van der Waals surface area contributed by atoms with Gasteiger partial charge in [0.05, 0.1) is 17.1 Å². The highest BCUT2D eigenvalue weighted by Crippen LogP contribution is 2.34. The summed E-state index contributed by atoms with van der Waals surface area (Å²) in [5.41, 5.74) is 3.15. The Balaban J connectivity index is 1.44. The predicted molar refractivity (Wildman–Crippen MR) is 127 cm³/mol. The third-order valence-corrected chi connectivity index (χ3v) is 7.23. The fraction of sp³-hybridized carbons (Fsp3) is 0.238. The molecule has 1 aliphatic heterocycles. The first-order valence-electron chi connectivity index (χ1n) is 9.61. The minimum absolute atomic E-state index is 0.0863. The van der Waals surface area contributed by atoms with Gasteiger partial charge in [0, 0.05) is 23.2 Å². The SMILES string of the molecule is Cc1c(Cl)cccc1Nc1nnc(SCC(=O)N2c3ccccc3NC(=O)CC2C)s1. The maximum absolute atomic E-state index is 13.1. The third kappa shape index (κ3) is 4.84. The van der Waals surface area contributed by atoms with Crippen LogP contribution in [-0.4, -0.2) is 33.8 Å². The molecule has 7 nitrogen and oxygen atoms in total. The number of halogens is 1. The van der Waals surface area contributed by atoms with Crippen molar-refractivity contribution in [1.29, 1.82) is 0 Å². The van der Waals surface area contributed by atoms with Crippen LogP contribution in [0.15, 0.2) is 46.8 Å². The van der Waals surface area contributed by atoms with Gasteiger partial charge >= 0.3 is 0 Å². The Morgan fingerprint density at radius 3 is 2.94 bits per heavy atom. The monoisotopic (exact) mass is 473 g/mol. The van der Waals surface area contributed by atoms with Gasteiger partial charge in [0.25, 0.3) is 0 Å². The highest BCUT2D eigenvalue weighted by molar-refractivity contribution is 8.01. The molecule has 1 aromatic heterocycles. The molecule has 0 radical (unpaired) electrons. The maximum Gasteiger partial charge on any atom is 0.237 e. The summed E-state index contributed by atoms with van der Waals surface area (Å²) in [7, 11) is 0. The largest absolute Gasteiger partial charge is 0.330 e. The number of nitrogens with one attached hydrogen (secondary N) is 2. The molecule has 31 heavy (non-hydrogen) atoms. The van der Waals surface area contributed by atoms with E-state index in [0.29, 0.717) is 25.9 Å². The standard InChI is InChI=1S/C21H20ClN5O2S2/c1-12-10-18(28)23-16-7-3-4-9-17(16)27(12)19(29)11-30-21-26-25-20(31-21)24-15-8-5-6-14(22)13(15)2/h3-9,12H,10-11H2,1-2H3,(H,23,28)(H,24,25). The predicted octanol–water partition coefficient (Wildman–Crippen LogP) is 5.10. The van der Waals surface area contributed by atoms with Crippen LogP contribution in [0.1, 0.15) is 18.9 Å². The Morgan fingerprint density at radius 2 is 2.10 bits per heavy atom. The first-order valence-corrected chi connectivity index (χ1v) is 11.8. The van der Waals surface area contributed by atoms with Crippen LogP contribution in [0.4, 0.5) is 22.2 Å². The fourth-order valence-electron chi connectivity index (χ4n) is 3.34. The minimum Gasteiger partial charge on any atom is -0.330 e. The highest BCUT2D eigenvalue weighted by Gasteiger charge is 2.29. The summed E-state index contributed by atoms with van der Waals surface area (Å²) in [5.74, 6) is 0.00780. The molecule has 0 saturated carbocycles. The second kappa shape index (κ2) is 9.25. The summed E-state index contributed by atoms with van der Waals surface area (Å²) in [6.45, 7) is 3.81. The molecule has 2 amide bonds. The lowest BCUT2D eigenvalue weighted by Gasteiger charge is -2.27. The zero-order chi connectivity index (χ0) is 22.0. The number of rotatable bonds is 5. The van der Waals surface area contributed by atoms with E-state index in [0.717, 1.165) is 11.3 Å². The molecule has 2 N–H and O–H groups in total. The Bertz CT molecular complexity index is 1140. The number of fused-ring (bicyclic) bond motifs is 1. The van der Waals surface area contributed by atoms with E-state index >= 15 is 0 Å². The van der Waals surface area contributed by atoms with E-state index in [-0.39, 0.29) is 30.0 Å². The van der Waals surface area contributed by atoms with E-state index in [1.54, 1.807) is 11.0 Å². The van der Waals surface area contributed by atoms with Crippen molar-refractivity contribution in [3.8, 4) is 0 Å². The van der Waals surface area contributed by atoms with Crippen molar-refractivity contribution in [2.45, 2.75) is 30.6 Å². The van der Waals surface area contributed by atoms with Crippen LogP contribution in [0.2, 0.25) is 5.02 Å². The Labute approximate surface area is 193 Å². The lowest BCUT2D eigenvalue weighted by molar-refractivity contribution is -0.117. The summed E-state index contributed by atoms with van der Waals surface area (Å²) in [5, 5.41) is 15.7. The number of nitrogens with zero attached hydrogens (tertiary/aromatic N) is 3. The normalized spacial score (nSPS) is 15.8. The Kier molecular flexibility index (Phi) is 6.45. The fourth-order valence-corrected chi connectivity index (χ4v) is 5.14. The number of aromatic nitrogens is 2. The molecule has 160 valence electrons. The zero-order valence-electron chi connectivity index (χ0n) is 16.9. The second-order valence-electron chi connectivity index (χ2n) is 7.08. The van der Waals surface area contributed by atoms with Gasteiger partial charge in [-0.3, -0.25) is 9.59 Å². The summed E-state index contributed by atoms with van der Waals surface area (Å²) in [6.07, 6.45) is 0.247. The van der Waals surface area contributed by atoms with Gasteiger partial charge in [-0.15, -0.1) is 10.2 Å². The average molecular weight is 474 g/mol. The van der Waals surface area contributed by atoms with Gasteiger partial charge in [-0.25, -0.2) is 0 Å². The van der Waals surface area contributed by atoms with Crippen molar-refractivity contribution in [3.05, 3.63) is 53.1 Å². The van der Waals surface area contributed by atoms with E-state index in [4.69, 9.17) is 11.6 Å². The van der Waals surface area contributed by atoms with Crippen LogP contribution in [0.25, 0.3) is 0 Å². The molecule has 0 spiro atoms. The average Bonchev–Trinajstić information content (AvgIpc) is 3.13. The number of hydrogen-bond donors (Lipinski definition) is 2. The van der Waals surface area contributed by atoms with Crippen molar-refractivity contribution in [2.24, 2.45) is 0 Å². The van der Waals surface area contributed by atoms with Crippen LogP contribution in [0.5, 0.6) is 0 Å². The molecule has 2 heterocycles. The van der Waals surface area contributed by atoms with E-state index in [2.05, 4.69) is 20.8 Å². The van der Waals surface area contributed by atoms with E-state index in [1.165, 1.54) is 23.1 Å². The number of anilines is 4. The number of hydrogen-bond acceptors (Lipinski definition) is 7. The van der Waals surface area contributed by atoms with Gasteiger partial charge in [0.2, 0.25) is 16.9 Å². The molecule has 0 saturated heterocycles. The molecule has 4 rings (SSSR count). The van der Waals surface area contributed by atoms with Crippen molar-refractivity contribution in [1.82, 2.24) is 10.2 Å². The summed E-state index contributed by atoms with van der Waals surface area (Å²) >= 11 is 8.87. The number of carbonyl (C=O) groups is 2. The van der Waals surface area contributed by atoms with Gasteiger partial charge in [-0.1, -0.05) is 52.9 Å². The highest BCUT2D eigenvalue weighted by atomic mass is 35.5. The molecule has 2 aromatic carbocycles. The van der Waals surface area contributed by atoms with Crippen molar-refractivity contribution in [2.75, 3.05) is 21.3 Å². The van der Waals surface area contributed by atoms with Gasteiger partial charge in [-0.2, -0.15) is 0 Å². The van der Waals surface area contributed by atoms with Crippen LogP contribution in [-0.2, 0) is 9.59 Å². The van der Waals surface area contributed by atoms with E-state index < -0.39 is 0 Å². The molecule has 10 heteroatoms. The first-order chi connectivity index (χ1) is 14.9. The van der Waals surface area contributed by atoms with Gasteiger partial charge in [0.1, 0.15) is 0 Å². The smallest absolute Gasteiger partial charge is 0.237 e. The zero-order valence-corrected chi connectivity index (χ0v) is 19.3. The summed E-state index contributed by atoms with van der Waals surface area (Å²) in [6, 6.07) is 12.7. The number of amides is 2. The Morgan fingerprint density at radius 1 is 1.29 bits per heavy atom. The van der Waals surface area contributed by atoms with Crippen LogP contribution in [0.3, 0.4) is 0 Å². The molecule has 0 fully saturated rings. The summed E-state index contributed by atoms with van der Waals surface area (Å²) in [4.78, 5) is 26.9. The molecular formula is C21H20ClN5O2S2. The Hall–Kier alpha value is -2.62. The molecule has 1 atom stereocenters. The molecule has 1 aliphatic rings. The lowest BCUT2D eigenvalue weighted by atomic mass is 10.2. The second-order valence-corrected chi connectivity index (χ2v) is 9.69. The first kappa shape index (κ1) is 21.6. The number of para-hydroxylation sites is 2. The molecule has 3 aromatic rings. The minimum atomic E-state index is -0.241. The number of thioether (sulfide) groups is 1. The van der Waals surface area contributed by atoms with Gasteiger partial charge < -0.3 is 15.5 Å². The van der Waals surface area contributed by atoms with Crippen molar-refractivity contribution >= 4 is 68.7 Å². The topological polar surface area (TPSA) is 87.2 Å². The maximum atomic E-state index is 13.1. The molecule has 0 bridgehead atoms. The molecular weight excluding hydrogens is 454 g/mol. The van der Waals surface area contributed by atoms with Crippen LogP contribution < -0.4 is 15.5 Å². The van der Waals surface area contributed by atoms with E-state index in [9.17, 15) is 9.59 Å².